The predicted molar refractivity (Wildman–Crippen MR) is 99.4 cm³/mol. The van der Waals surface area contributed by atoms with E-state index >= 15 is 0 Å². The first-order chi connectivity index (χ1) is 13.2. The molecule has 1 atom stereocenters. The topological polar surface area (TPSA) is 52.9 Å². The molecule has 1 aliphatic heterocycles. The zero-order valence-corrected chi connectivity index (χ0v) is 15.4. The summed E-state index contributed by atoms with van der Waals surface area (Å²) in [6.07, 6.45) is -4.46. The molecule has 7 heteroatoms. The third-order valence-electron chi connectivity index (χ3n) is 4.76. The van der Waals surface area contributed by atoms with Gasteiger partial charge in [0, 0.05) is 12.0 Å². The molecule has 4 nitrogen and oxygen atoms in total. The van der Waals surface area contributed by atoms with Crippen LogP contribution in [0, 0.1) is 6.92 Å². The van der Waals surface area contributed by atoms with Crippen molar-refractivity contribution in [2.45, 2.75) is 44.5 Å². The molecule has 0 bridgehead atoms. The molecule has 0 saturated heterocycles. The van der Waals surface area contributed by atoms with Crippen LogP contribution in [0.1, 0.15) is 36.0 Å². The molecule has 0 radical (unpaired) electrons. The van der Waals surface area contributed by atoms with Crippen molar-refractivity contribution >= 4 is 11.6 Å². The Morgan fingerprint density at radius 1 is 1.14 bits per heavy atom. The summed E-state index contributed by atoms with van der Waals surface area (Å²) in [5.41, 5.74) is -1.17. The van der Waals surface area contributed by atoms with Gasteiger partial charge in [0.1, 0.15) is 5.71 Å². The van der Waals surface area contributed by atoms with Crippen LogP contribution < -0.4 is 0 Å². The summed E-state index contributed by atoms with van der Waals surface area (Å²) in [5.74, 6) is -0.641. The lowest BCUT2D eigenvalue weighted by molar-refractivity contribution is -0.158. The van der Waals surface area contributed by atoms with E-state index in [1.807, 2.05) is 37.3 Å². The van der Waals surface area contributed by atoms with E-state index in [1.165, 1.54) is 12.1 Å². The fourth-order valence-corrected chi connectivity index (χ4v) is 3.21. The molecule has 0 aromatic heterocycles. The number of carbonyl (C=O) groups excluding carboxylic acids is 1. The van der Waals surface area contributed by atoms with Crippen LogP contribution in [-0.4, -0.2) is 27.9 Å². The van der Waals surface area contributed by atoms with Crippen LogP contribution in [-0.2, 0) is 16.9 Å². The number of halogens is 3. The van der Waals surface area contributed by atoms with Gasteiger partial charge in [-0.1, -0.05) is 60.2 Å². The van der Waals surface area contributed by atoms with Crippen LogP contribution >= 0.6 is 0 Å². The zero-order chi connectivity index (χ0) is 20.4. The summed E-state index contributed by atoms with van der Waals surface area (Å²) in [4.78, 5) is 12.7. The third-order valence-corrected chi connectivity index (χ3v) is 4.76. The fourth-order valence-electron chi connectivity index (χ4n) is 3.21. The molecule has 1 N–H and O–H groups in total. The Balaban J connectivity index is 1.80. The summed E-state index contributed by atoms with van der Waals surface area (Å²) in [5, 5.41) is 15.1. The van der Waals surface area contributed by atoms with Crippen molar-refractivity contribution in [1.82, 2.24) is 5.01 Å². The van der Waals surface area contributed by atoms with Crippen LogP contribution in [0.25, 0.3) is 0 Å². The largest absolute Gasteiger partial charge is 0.431 e. The first kappa shape index (κ1) is 20.1. The van der Waals surface area contributed by atoms with Crippen LogP contribution in [0.2, 0.25) is 0 Å². The normalized spacial score (nSPS) is 19.6. The molecule has 1 aliphatic rings. The van der Waals surface area contributed by atoms with Gasteiger partial charge < -0.3 is 5.11 Å². The Morgan fingerprint density at radius 3 is 2.39 bits per heavy atom. The fraction of sp³-hybridized carbons (Fsp3) is 0.333. The number of nitrogens with zero attached hydrogens (tertiary/aromatic N) is 2. The first-order valence-corrected chi connectivity index (χ1v) is 9.01. The van der Waals surface area contributed by atoms with Crippen LogP contribution in [0.15, 0.2) is 59.7 Å². The zero-order valence-electron chi connectivity index (χ0n) is 15.4. The minimum absolute atomic E-state index is 0.0162. The maximum atomic E-state index is 13.2. The smallest absolute Gasteiger partial charge is 0.365 e. The molecule has 1 heterocycles. The minimum atomic E-state index is -4.71. The van der Waals surface area contributed by atoms with Gasteiger partial charge in [0.2, 0.25) is 5.91 Å². The number of hydrazone groups is 1. The van der Waals surface area contributed by atoms with Crippen molar-refractivity contribution in [1.29, 1.82) is 0 Å². The number of aliphatic hydroxyl groups is 1. The Hall–Kier alpha value is -2.67. The molecule has 0 spiro atoms. The molecule has 3 rings (SSSR count). The second-order valence-corrected chi connectivity index (χ2v) is 6.95. The number of amides is 1. The number of benzene rings is 2. The van der Waals surface area contributed by atoms with E-state index in [0.717, 1.165) is 11.1 Å². The summed E-state index contributed by atoms with van der Waals surface area (Å²) in [7, 11) is 0. The van der Waals surface area contributed by atoms with E-state index in [1.54, 1.807) is 12.1 Å². The summed E-state index contributed by atoms with van der Waals surface area (Å²) in [6, 6.07) is 15.9. The van der Waals surface area contributed by atoms with Gasteiger partial charge in [0.15, 0.2) is 5.72 Å². The number of alkyl halides is 3. The molecule has 2 aromatic rings. The Kier molecular flexibility index (Phi) is 5.56. The van der Waals surface area contributed by atoms with E-state index in [-0.39, 0.29) is 12.0 Å². The van der Waals surface area contributed by atoms with E-state index in [4.69, 9.17) is 0 Å². The third kappa shape index (κ3) is 4.25. The molecule has 0 unspecified atom stereocenters. The molecular weight excluding hydrogens is 369 g/mol. The van der Waals surface area contributed by atoms with Gasteiger partial charge in [0.25, 0.3) is 0 Å². The minimum Gasteiger partial charge on any atom is -0.365 e. The highest BCUT2D eigenvalue weighted by Gasteiger charge is 2.52. The van der Waals surface area contributed by atoms with E-state index in [9.17, 15) is 23.1 Å². The molecule has 148 valence electrons. The van der Waals surface area contributed by atoms with Crippen LogP contribution in [0.5, 0.6) is 0 Å². The highest BCUT2D eigenvalue weighted by Crippen LogP contribution is 2.40. The predicted octanol–water partition coefficient (Wildman–Crippen LogP) is 4.31. The first-order valence-electron chi connectivity index (χ1n) is 9.01. The standard InChI is InChI=1S/C21H21F3N2O2/c1-15-10-12-17(13-11-15)20(28)14-18(21(22,23)24)25-26(20)19(27)9-5-8-16-6-3-2-4-7-16/h2-4,6-7,10-13,28H,5,8-9,14H2,1H3/t20-/m0/s1. The SMILES string of the molecule is Cc1ccc([C@@]2(O)CC(C(F)(F)F)=NN2C(=O)CCCc2ccccc2)cc1. The van der Waals surface area contributed by atoms with Crippen molar-refractivity contribution < 1.29 is 23.1 Å². The van der Waals surface area contributed by atoms with Gasteiger partial charge in [-0.2, -0.15) is 23.3 Å². The van der Waals surface area contributed by atoms with E-state index < -0.39 is 29.9 Å². The average molecular weight is 390 g/mol. The maximum Gasteiger partial charge on any atom is 0.431 e. The Bertz CT molecular complexity index is 863. The van der Waals surface area contributed by atoms with Crippen LogP contribution in [0.3, 0.4) is 0 Å². The number of rotatable bonds is 5. The highest BCUT2D eigenvalue weighted by molar-refractivity contribution is 5.94. The van der Waals surface area contributed by atoms with Gasteiger partial charge in [-0.3, -0.25) is 4.79 Å². The summed E-state index contributed by atoms with van der Waals surface area (Å²) < 4.78 is 39.6. The van der Waals surface area contributed by atoms with Gasteiger partial charge in [-0.05, 0) is 25.3 Å². The summed E-state index contributed by atoms with van der Waals surface area (Å²) in [6.45, 7) is 1.83. The van der Waals surface area contributed by atoms with Crippen LogP contribution in [0.4, 0.5) is 13.2 Å². The van der Waals surface area contributed by atoms with E-state index in [0.29, 0.717) is 17.9 Å². The Morgan fingerprint density at radius 2 is 1.79 bits per heavy atom. The van der Waals surface area contributed by atoms with Crippen molar-refractivity contribution in [3.05, 3.63) is 71.3 Å². The van der Waals surface area contributed by atoms with Gasteiger partial charge in [-0.15, -0.1) is 0 Å². The van der Waals surface area contributed by atoms with Gasteiger partial charge in [0.05, 0.1) is 6.42 Å². The molecular formula is C21H21F3N2O2. The van der Waals surface area contributed by atoms with Crippen molar-refractivity contribution in [2.24, 2.45) is 5.10 Å². The highest BCUT2D eigenvalue weighted by atomic mass is 19.4. The molecule has 0 fully saturated rings. The molecule has 28 heavy (non-hydrogen) atoms. The number of aryl methyl sites for hydroxylation is 2. The van der Waals surface area contributed by atoms with Crippen molar-refractivity contribution in [3.63, 3.8) is 0 Å². The lowest BCUT2D eigenvalue weighted by Crippen LogP contribution is -2.43. The average Bonchev–Trinajstić information content (AvgIpc) is 3.02. The van der Waals surface area contributed by atoms with Gasteiger partial charge >= 0.3 is 6.18 Å². The molecule has 1 amide bonds. The lowest BCUT2D eigenvalue weighted by atomic mass is 9.96. The monoisotopic (exact) mass is 390 g/mol. The molecule has 0 aliphatic carbocycles. The second-order valence-electron chi connectivity index (χ2n) is 6.95. The number of hydrogen-bond acceptors (Lipinski definition) is 3. The van der Waals surface area contributed by atoms with Gasteiger partial charge in [-0.25, -0.2) is 0 Å². The van der Waals surface area contributed by atoms with E-state index in [2.05, 4.69) is 5.10 Å². The summed E-state index contributed by atoms with van der Waals surface area (Å²) >= 11 is 0. The number of hydrogen-bond donors (Lipinski definition) is 1. The lowest BCUT2D eigenvalue weighted by Gasteiger charge is -2.31. The maximum absolute atomic E-state index is 13.2. The van der Waals surface area contributed by atoms with Crippen molar-refractivity contribution in [2.75, 3.05) is 0 Å². The Labute approximate surface area is 161 Å². The molecule has 0 saturated carbocycles. The number of carbonyl (C=O) groups is 1. The quantitative estimate of drug-likeness (QED) is 0.827. The van der Waals surface area contributed by atoms with Crippen molar-refractivity contribution in [3.8, 4) is 0 Å². The second kappa shape index (κ2) is 7.75. The molecule has 2 aromatic carbocycles.